The van der Waals surface area contributed by atoms with Crippen LogP contribution in [-0.4, -0.2) is 56.8 Å². The summed E-state index contributed by atoms with van der Waals surface area (Å²) in [6.45, 7) is 6.31. The maximum atomic E-state index is 13.5. The van der Waals surface area contributed by atoms with Crippen LogP contribution >= 0.6 is 0 Å². The van der Waals surface area contributed by atoms with Crippen molar-refractivity contribution in [1.82, 2.24) is 10.2 Å². The molecule has 0 aliphatic carbocycles. The first kappa shape index (κ1) is 28.3. The summed E-state index contributed by atoms with van der Waals surface area (Å²) in [6, 6.07) is 13.9. The largest absolute Gasteiger partial charge is 0.454 e. The predicted molar refractivity (Wildman–Crippen MR) is 143 cm³/mol. The van der Waals surface area contributed by atoms with Crippen LogP contribution in [0.5, 0.6) is 11.5 Å². The van der Waals surface area contributed by atoms with E-state index in [1.807, 2.05) is 51.1 Å². The predicted octanol–water partition coefficient (Wildman–Crippen LogP) is 3.68. The molecule has 0 bridgehead atoms. The van der Waals surface area contributed by atoms with Gasteiger partial charge in [0.25, 0.3) is 0 Å². The lowest BCUT2D eigenvalue weighted by Crippen LogP contribution is -2.50. The molecule has 1 aliphatic heterocycles. The van der Waals surface area contributed by atoms with Gasteiger partial charge in [0.2, 0.25) is 28.6 Å². The van der Waals surface area contributed by atoms with Crippen molar-refractivity contribution in [2.75, 3.05) is 23.9 Å². The quantitative estimate of drug-likeness (QED) is 0.423. The number of rotatable bonds is 13. The van der Waals surface area contributed by atoms with E-state index in [2.05, 4.69) is 5.32 Å². The molecule has 0 saturated carbocycles. The van der Waals surface area contributed by atoms with E-state index in [1.165, 1.54) is 4.31 Å². The standard InChI is InChI=1S/C27H37N3O6S/c1-5-20(3)28-27(32)23(6-2)29(18-21-11-8-7-9-12-21)26(31)13-10-16-30(37(4,33)34)22-14-15-24-25(17-22)36-19-35-24/h7-9,11-12,14-15,17,20,23H,5-6,10,13,16,18-19H2,1-4H3,(H,28,32)/t20-,23+/m0/s1. The second-order valence-corrected chi connectivity index (χ2v) is 11.1. The van der Waals surface area contributed by atoms with Crippen LogP contribution in [0.15, 0.2) is 48.5 Å². The number of hydrogen-bond acceptors (Lipinski definition) is 6. The molecule has 3 rings (SSSR count). The first-order valence-corrected chi connectivity index (χ1v) is 14.5. The Hall–Kier alpha value is -3.27. The summed E-state index contributed by atoms with van der Waals surface area (Å²) in [5.41, 5.74) is 1.36. The zero-order valence-corrected chi connectivity index (χ0v) is 22.8. The summed E-state index contributed by atoms with van der Waals surface area (Å²) in [5.74, 6) is 0.660. The monoisotopic (exact) mass is 531 g/mol. The highest BCUT2D eigenvalue weighted by atomic mass is 32.2. The van der Waals surface area contributed by atoms with Crippen LogP contribution in [0.2, 0.25) is 0 Å². The highest BCUT2D eigenvalue weighted by molar-refractivity contribution is 7.92. The summed E-state index contributed by atoms with van der Waals surface area (Å²) in [7, 11) is -3.61. The van der Waals surface area contributed by atoms with Crippen LogP contribution in [0.1, 0.15) is 52.0 Å². The van der Waals surface area contributed by atoms with E-state index in [1.54, 1.807) is 23.1 Å². The number of anilines is 1. The zero-order chi connectivity index (χ0) is 27.0. The van der Waals surface area contributed by atoms with Gasteiger partial charge in [-0.15, -0.1) is 0 Å². The summed E-state index contributed by atoms with van der Waals surface area (Å²) in [5, 5.41) is 3.00. The van der Waals surface area contributed by atoms with E-state index in [-0.39, 0.29) is 44.0 Å². The summed E-state index contributed by atoms with van der Waals surface area (Å²) in [4.78, 5) is 28.1. The molecule has 10 heteroatoms. The lowest BCUT2D eigenvalue weighted by atomic mass is 10.1. The Kier molecular flexibility index (Phi) is 9.79. The number of nitrogens with one attached hydrogen (secondary N) is 1. The van der Waals surface area contributed by atoms with Gasteiger partial charge >= 0.3 is 0 Å². The smallest absolute Gasteiger partial charge is 0.243 e. The first-order valence-electron chi connectivity index (χ1n) is 12.6. The number of nitrogens with zero attached hydrogens (tertiary/aromatic N) is 2. The van der Waals surface area contributed by atoms with E-state index >= 15 is 0 Å². The van der Waals surface area contributed by atoms with E-state index in [4.69, 9.17) is 9.47 Å². The van der Waals surface area contributed by atoms with Crippen molar-refractivity contribution in [3.05, 3.63) is 54.1 Å². The Morgan fingerprint density at radius 1 is 1.03 bits per heavy atom. The molecule has 2 aromatic rings. The zero-order valence-electron chi connectivity index (χ0n) is 22.0. The van der Waals surface area contributed by atoms with Gasteiger partial charge in [-0.05, 0) is 43.9 Å². The van der Waals surface area contributed by atoms with Gasteiger partial charge in [-0.1, -0.05) is 44.2 Å². The third-order valence-corrected chi connectivity index (χ3v) is 7.57. The molecule has 37 heavy (non-hydrogen) atoms. The fraction of sp³-hybridized carbons (Fsp3) is 0.481. The molecule has 202 valence electrons. The Morgan fingerprint density at radius 2 is 1.73 bits per heavy atom. The average molecular weight is 532 g/mol. The number of carbonyl (C=O) groups excluding carboxylic acids is 2. The molecule has 2 aromatic carbocycles. The second-order valence-electron chi connectivity index (χ2n) is 9.23. The minimum Gasteiger partial charge on any atom is -0.454 e. The first-order chi connectivity index (χ1) is 17.6. The molecular formula is C27H37N3O6S. The Balaban J connectivity index is 1.75. The Labute approximate surface area is 219 Å². The van der Waals surface area contributed by atoms with Crippen molar-refractivity contribution in [2.45, 2.75) is 65.1 Å². The molecule has 9 nitrogen and oxygen atoms in total. The van der Waals surface area contributed by atoms with Gasteiger partial charge in [0.15, 0.2) is 11.5 Å². The Morgan fingerprint density at radius 3 is 2.38 bits per heavy atom. The molecular weight excluding hydrogens is 494 g/mol. The molecule has 0 saturated heterocycles. The topological polar surface area (TPSA) is 105 Å². The molecule has 0 radical (unpaired) electrons. The number of amides is 2. The number of carbonyl (C=O) groups is 2. The van der Waals surface area contributed by atoms with Crippen LogP contribution in [-0.2, 0) is 26.2 Å². The average Bonchev–Trinajstić information content (AvgIpc) is 3.34. The number of benzene rings is 2. The fourth-order valence-corrected chi connectivity index (χ4v) is 5.14. The molecule has 0 aromatic heterocycles. The van der Waals surface area contributed by atoms with E-state index < -0.39 is 16.1 Å². The van der Waals surface area contributed by atoms with Gasteiger partial charge in [-0.25, -0.2) is 8.42 Å². The minimum atomic E-state index is -3.61. The second kappa shape index (κ2) is 12.8. The van der Waals surface area contributed by atoms with Crippen LogP contribution < -0.4 is 19.1 Å². The highest BCUT2D eigenvalue weighted by Gasteiger charge is 2.29. The SMILES string of the molecule is CC[C@H](C(=O)N[C@@H](C)CC)N(Cc1ccccc1)C(=O)CCCN(c1ccc2c(c1)OCO2)S(C)(=O)=O. The third-order valence-electron chi connectivity index (χ3n) is 6.38. The van der Waals surface area contributed by atoms with Gasteiger partial charge in [0, 0.05) is 31.6 Å². The van der Waals surface area contributed by atoms with Crippen molar-refractivity contribution in [1.29, 1.82) is 0 Å². The number of sulfonamides is 1. The molecule has 1 N–H and O–H groups in total. The van der Waals surface area contributed by atoms with Gasteiger partial charge in [-0.2, -0.15) is 0 Å². The van der Waals surface area contributed by atoms with Gasteiger partial charge in [0.05, 0.1) is 11.9 Å². The molecule has 0 fully saturated rings. The number of hydrogen-bond donors (Lipinski definition) is 1. The van der Waals surface area contributed by atoms with Gasteiger partial charge < -0.3 is 19.7 Å². The van der Waals surface area contributed by atoms with Gasteiger partial charge in [0.1, 0.15) is 6.04 Å². The van der Waals surface area contributed by atoms with Crippen LogP contribution in [0, 0.1) is 0 Å². The maximum Gasteiger partial charge on any atom is 0.243 e. The van der Waals surface area contributed by atoms with Crippen molar-refractivity contribution < 1.29 is 27.5 Å². The molecule has 2 atom stereocenters. The third kappa shape index (κ3) is 7.61. The van der Waals surface area contributed by atoms with Crippen LogP contribution in [0.3, 0.4) is 0 Å². The lowest BCUT2D eigenvalue weighted by molar-refractivity contribution is -0.141. The summed E-state index contributed by atoms with van der Waals surface area (Å²) in [6.07, 6.45) is 2.77. The van der Waals surface area contributed by atoms with E-state index in [0.717, 1.165) is 18.2 Å². The lowest BCUT2D eigenvalue weighted by Gasteiger charge is -2.32. The highest BCUT2D eigenvalue weighted by Crippen LogP contribution is 2.36. The van der Waals surface area contributed by atoms with Crippen LogP contribution in [0.4, 0.5) is 5.69 Å². The summed E-state index contributed by atoms with van der Waals surface area (Å²) >= 11 is 0. The van der Waals surface area contributed by atoms with Crippen molar-refractivity contribution in [3.8, 4) is 11.5 Å². The molecule has 0 spiro atoms. The number of fused-ring (bicyclic) bond motifs is 1. The molecule has 2 amide bonds. The van der Waals surface area contributed by atoms with Crippen LogP contribution in [0.25, 0.3) is 0 Å². The van der Waals surface area contributed by atoms with Crippen molar-refractivity contribution >= 4 is 27.5 Å². The van der Waals surface area contributed by atoms with Crippen molar-refractivity contribution in [3.63, 3.8) is 0 Å². The molecule has 0 unspecified atom stereocenters. The Bertz CT molecular complexity index is 1170. The minimum absolute atomic E-state index is 0.000229. The number of ether oxygens (including phenoxy) is 2. The molecule has 1 aliphatic rings. The fourth-order valence-electron chi connectivity index (χ4n) is 4.18. The van der Waals surface area contributed by atoms with E-state index in [0.29, 0.717) is 30.2 Å². The maximum absolute atomic E-state index is 13.5. The normalized spacial score (nSPS) is 14.1. The van der Waals surface area contributed by atoms with Gasteiger partial charge in [-0.3, -0.25) is 13.9 Å². The van der Waals surface area contributed by atoms with E-state index in [9.17, 15) is 18.0 Å². The summed E-state index contributed by atoms with van der Waals surface area (Å²) < 4.78 is 37.1. The van der Waals surface area contributed by atoms with Crippen molar-refractivity contribution in [2.24, 2.45) is 0 Å². The molecule has 1 heterocycles.